The zero-order chi connectivity index (χ0) is 32.6. The van der Waals surface area contributed by atoms with Gasteiger partial charge in [0.25, 0.3) is 0 Å². The second-order valence-corrected chi connectivity index (χ2v) is 16.8. The molecule has 0 radical (unpaired) electrons. The van der Waals surface area contributed by atoms with Crippen LogP contribution in [0.1, 0.15) is 99.8 Å². The summed E-state index contributed by atoms with van der Waals surface area (Å²) in [5, 5.41) is 76.4. The van der Waals surface area contributed by atoms with Gasteiger partial charge in [0, 0.05) is 0 Å². The van der Waals surface area contributed by atoms with Crippen LogP contribution >= 0.6 is 0 Å². The maximum atomic E-state index is 12.1. The topological polar surface area (TPSA) is 160 Å². The minimum atomic E-state index is -1.53. The Morgan fingerprint density at radius 3 is 2.23 bits per heavy atom. The highest BCUT2D eigenvalue weighted by Crippen LogP contribution is 2.72. The van der Waals surface area contributed by atoms with Crippen molar-refractivity contribution >= 4 is 0 Å². The first-order valence-corrected chi connectivity index (χ1v) is 17.1. The Labute approximate surface area is 263 Å². The molecule has 0 aromatic heterocycles. The Bertz CT molecular complexity index is 1060. The summed E-state index contributed by atoms with van der Waals surface area (Å²) in [6.45, 7) is 14.4. The van der Waals surface area contributed by atoms with Gasteiger partial charge in [-0.2, -0.15) is 0 Å². The lowest BCUT2D eigenvalue weighted by Gasteiger charge is -2.69. The molecule has 0 amide bonds. The molecule has 2 unspecified atom stereocenters. The fraction of sp³-hybridized carbons (Fsp3) is 0.943. The third-order valence-corrected chi connectivity index (χ3v) is 13.7. The first-order valence-electron chi connectivity index (χ1n) is 17.1. The van der Waals surface area contributed by atoms with E-state index in [1.807, 2.05) is 20.8 Å². The van der Waals surface area contributed by atoms with Crippen LogP contribution in [0, 0.1) is 45.8 Å². The van der Waals surface area contributed by atoms with Crippen molar-refractivity contribution in [1.29, 1.82) is 0 Å². The van der Waals surface area contributed by atoms with E-state index in [2.05, 4.69) is 33.8 Å². The number of ether oxygens (including phenoxy) is 2. The number of fused-ring (bicyclic) bond motifs is 5. The Hall–Kier alpha value is -0.620. The lowest BCUT2D eigenvalue weighted by atomic mass is 9.37. The third-order valence-electron chi connectivity index (χ3n) is 13.7. The lowest BCUT2D eigenvalue weighted by Crippen LogP contribution is -2.67. The van der Waals surface area contributed by atoms with E-state index < -0.39 is 66.6 Å². The number of hydrogen-bond acceptors (Lipinski definition) is 9. The van der Waals surface area contributed by atoms with Gasteiger partial charge >= 0.3 is 0 Å². The van der Waals surface area contributed by atoms with Crippen molar-refractivity contribution in [2.45, 2.75) is 154 Å². The summed E-state index contributed by atoms with van der Waals surface area (Å²) in [5.74, 6) is 0.137. The molecule has 44 heavy (non-hydrogen) atoms. The molecule has 9 heteroatoms. The first-order chi connectivity index (χ1) is 20.4. The summed E-state index contributed by atoms with van der Waals surface area (Å²) in [6, 6.07) is 0. The predicted molar refractivity (Wildman–Crippen MR) is 165 cm³/mol. The quantitative estimate of drug-likeness (QED) is 0.211. The molecule has 0 aromatic carbocycles. The Morgan fingerprint density at radius 1 is 0.909 bits per heavy atom. The van der Waals surface area contributed by atoms with E-state index in [1.165, 1.54) is 5.57 Å². The molecule has 1 heterocycles. The maximum Gasteiger partial charge on any atom is 0.187 e. The van der Waals surface area contributed by atoms with E-state index in [1.54, 1.807) is 0 Å². The molecule has 5 aliphatic rings. The molecule has 4 saturated carbocycles. The van der Waals surface area contributed by atoms with Crippen LogP contribution in [0.25, 0.3) is 0 Å². The molecule has 0 spiro atoms. The number of rotatable bonds is 7. The van der Waals surface area contributed by atoms with Crippen molar-refractivity contribution in [3.05, 3.63) is 11.6 Å². The highest BCUT2D eigenvalue weighted by Gasteiger charge is 2.69. The maximum absolute atomic E-state index is 12.1. The number of allylic oxidation sites excluding steroid dienone is 2. The number of hydrogen-bond donors (Lipinski definition) is 7. The molecule has 0 aromatic rings. The van der Waals surface area contributed by atoms with Crippen LogP contribution in [0.2, 0.25) is 0 Å². The van der Waals surface area contributed by atoms with Crippen molar-refractivity contribution in [3.63, 3.8) is 0 Å². The van der Waals surface area contributed by atoms with Gasteiger partial charge in [-0.3, -0.25) is 0 Å². The molecule has 5 rings (SSSR count). The molecule has 9 nitrogen and oxygen atoms in total. The average molecular weight is 625 g/mol. The van der Waals surface area contributed by atoms with Gasteiger partial charge in [-0.1, -0.05) is 39.3 Å². The number of aliphatic hydroxyl groups is 7. The van der Waals surface area contributed by atoms with Gasteiger partial charge < -0.3 is 45.2 Å². The van der Waals surface area contributed by atoms with Gasteiger partial charge in [0.05, 0.1) is 30.5 Å². The Morgan fingerprint density at radius 2 is 1.59 bits per heavy atom. The average Bonchev–Trinajstić information content (AvgIpc) is 3.41. The van der Waals surface area contributed by atoms with Crippen molar-refractivity contribution in [2.75, 3.05) is 6.61 Å². The van der Waals surface area contributed by atoms with Crippen LogP contribution in [-0.2, 0) is 9.47 Å². The molecule has 1 aliphatic heterocycles. The van der Waals surface area contributed by atoms with Crippen molar-refractivity contribution < 1.29 is 45.2 Å². The monoisotopic (exact) mass is 624 g/mol. The van der Waals surface area contributed by atoms with Gasteiger partial charge in [-0.15, -0.1) is 0 Å². The summed E-state index contributed by atoms with van der Waals surface area (Å²) in [4.78, 5) is 0. The standard InChI is InChI=1S/C35H60O9/c1-18(2)9-8-13-35(7,44-31-29(42)28(41)27(40)23(17-36)43-31)20-11-10-19-26(20)21(37)15-24-33(5)14-12-25(39)32(3,4)30(33)22(38)16-34(19,24)6/h9,19-31,36-42H,8,10-17H2,1-7H3/t19?,20-,21+,22-,23+,24+,25-,26-,27+,28-,29+,30-,31-,33+,34-,35?/m0/s1. The summed E-state index contributed by atoms with van der Waals surface area (Å²) >= 11 is 0. The Kier molecular flexibility index (Phi) is 9.56. The van der Waals surface area contributed by atoms with Crippen LogP contribution in [0.3, 0.4) is 0 Å². The smallest absolute Gasteiger partial charge is 0.187 e. The van der Waals surface area contributed by atoms with E-state index in [0.29, 0.717) is 25.7 Å². The van der Waals surface area contributed by atoms with Crippen molar-refractivity contribution in [1.82, 2.24) is 0 Å². The van der Waals surface area contributed by atoms with Crippen LogP contribution in [0.4, 0.5) is 0 Å². The van der Waals surface area contributed by atoms with E-state index in [9.17, 15) is 35.7 Å². The summed E-state index contributed by atoms with van der Waals surface area (Å²) in [5.41, 5.74) is -0.502. The van der Waals surface area contributed by atoms with Crippen molar-refractivity contribution in [2.24, 2.45) is 45.8 Å². The highest BCUT2D eigenvalue weighted by atomic mass is 16.7. The minimum absolute atomic E-state index is 0.0540. The minimum Gasteiger partial charge on any atom is -0.394 e. The van der Waals surface area contributed by atoms with Crippen LogP contribution < -0.4 is 0 Å². The van der Waals surface area contributed by atoms with Gasteiger partial charge in [0.2, 0.25) is 0 Å². The largest absolute Gasteiger partial charge is 0.394 e. The predicted octanol–water partition coefficient (Wildman–Crippen LogP) is 2.91. The zero-order valence-corrected chi connectivity index (χ0v) is 27.9. The van der Waals surface area contributed by atoms with Gasteiger partial charge in [0.1, 0.15) is 24.4 Å². The van der Waals surface area contributed by atoms with E-state index in [4.69, 9.17) is 9.47 Å². The van der Waals surface area contributed by atoms with Gasteiger partial charge in [0.15, 0.2) is 6.29 Å². The lowest BCUT2D eigenvalue weighted by molar-refractivity contribution is -0.335. The van der Waals surface area contributed by atoms with Crippen LogP contribution in [-0.4, -0.2) is 97.0 Å². The third kappa shape index (κ3) is 5.44. The second-order valence-electron chi connectivity index (χ2n) is 16.8. The fourth-order valence-electron chi connectivity index (χ4n) is 11.6. The van der Waals surface area contributed by atoms with Crippen LogP contribution in [0.5, 0.6) is 0 Å². The fourth-order valence-corrected chi connectivity index (χ4v) is 11.6. The summed E-state index contributed by atoms with van der Waals surface area (Å²) < 4.78 is 12.5. The molecule has 5 fully saturated rings. The van der Waals surface area contributed by atoms with Gasteiger partial charge in [-0.25, -0.2) is 0 Å². The van der Waals surface area contributed by atoms with E-state index in [-0.39, 0.29) is 40.4 Å². The van der Waals surface area contributed by atoms with E-state index in [0.717, 1.165) is 25.7 Å². The molecular formula is C35H60O9. The van der Waals surface area contributed by atoms with Gasteiger partial charge in [-0.05, 0) is 118 Å². The molecule has 16 atom stereocenters. The summed E-state index contributed by atoms with van der Waals surface area (Å²) in [6.07, 6.45) is -0.447. The molecule has 0 bridgehead atoms. The van der Waals surface area contributed by atoms with Crippen LogP contribution in [0.15, 0.2) is 11.6 Å². The zero-order valence-electron chi connectivity index (χ0n) is 27.9. The van der Waals surface area contributed by atoms with Crippen molar-refractivity contribution in [3.8, 4) is 0 Å². The molecule has 1 saturated heterocycles. The summed E-state index contributed by atoms with van der Waals surface area (Å²) in [7, 11) is 0. The SMILES string of the molecule is CC(C)=CCCC(C)(O[C@@H]1O[C@H](CO)[C@@H](O)[C@H](O)[C@H]1O)[C@H]1CCC2[C@@H]1[C@H](O)C[C@@H]1[C@@]3(C)CC[C@H](O)C(C)(C)[C@@H]3[C@@H](O)C[C@@]21C. The Balaban J connectivity index is 1.47. The highest BCUT2D eigenvalue weighted by molar-refractivity contribution is 5.18. The first kappa shape index (κ1) is 34.7. The van der Waals surface area contributed by atoms with E-state index >= 15 is 0 Å². The molecule has 254 valence electrons. The second kappa shape index (κ2) is 12.1. The molecular weight excluding hydrogens is 564 g/mol. The molecule has 4 aliphatic carbocycles. The normalized spacial score (nSPS) is 51.5. The molecule has 7 N–H and O–H groups in total. The number of aliphatic hydroxyl groups excluding tert-OH is 7.